The van der Waals surface area contributed by atoms with Crippen molar-refractivity contribution >= 4 is 34.0 Å². The van der Waals surface area contributed by atoms with E-state index in [0.29, 0.717) is 16.4 Å². The first kappa shape index (κ1) is 22.0. The number of hydrogen-bond donors (Lipinski definition) is 0. The molecule has 0 unspecified atom stereocenters. The quantitative estimate of drug-likeness (QED) is 0.548. The molecule has 0 N–H and O–H groups in total. The Morgan fingerprint density at radius 2 is 2.00 bits per heavy atom. The van der Waals surface area contributed by atoms with Gasteiger partial charge in [0.25, 0.3) is 5.91 Å². The number of carbonyl (C=O) groups is 2. The molecule has 7 heteroatoms. The Morgan fingerprint density at radius 1 is 1.19 bits per heavy atom. The van der Waals surface area contributed by atoms with E-state index in [4.69, 9.17) is 9.72 Å². The lowest BCUT2D eigenvalue weighted by atomic mass is 9.97. The first-order valence-corrected chi connectivity index (χ1v) is 11.6. The van der Waals surface area contributed by atoms with Gasteiger partial charge in [-0.1, -0.05) is 26.0 Å². The second-order valence-corrected chi connectivity index (χ2v) is 9.04. The summed E-state index contributed by atoms with van der Waals surface area (Å²) in [5.41, 5.74) is 4.53. The summed E-state index contributed by atoms with van der Waals surface area (Å²) in [7, 11) is 3.31. The topological polar surface area (TPSA) is 62.7 Å². The number of aromatic nitrogens is 1. The van der Waals surface area contributed by atoms with Gasteiger partial charge in [-0.15, -0.1) is 11.3 Å². The number of hydrogen-bond acceptors (Lipinski definition) is 5. The first-order chi connectivity index (χ1) is 15.4. The Hall–Kier alpha value is -3.19. The van der Waals surface area contributed by atoms with Crippen molar-refractivity contribution in [1.29, 1.82) is 0 Å². The lowest BCUT2D eigenvalue weighted by Gasteiger charge is -2.31. The highest BCUT2D eigenvalue weighted by molar-refractivity contribution is 7.14. The molecule has 2 heterocycles. The van der Waals surface area contributed by atoms with Crippen molar-refractivity contribution in [2.75, 3.05) is 30.5 Å². The first-order valence-electron chi connectivity index (χ1n) is 10.7. The monoisotopic (exact) mass is 449 g/mol. The van der Waals surface area contributed by atoms with Crippen LogP contribution in [0.4, 0.5) is 10.8 Å². The Morgan fingerprint density at radius 3 is 2.75 bits per heavy atom. The Balaban J connectivity index is 1.57. The van der Waals surface area contributed by atoms with Crippen molar-refractivity contribution in [2.24, 2.45) is 5.92 Å². The van der Waals surface area contributed by atoms with E-state index in [1.807, 2.05) is 42.3 Å². The molecule has 0 fully saturated rings. The molecule has 0 spiro atoms. The van der Waals surface area contributed by atoms with Crippen molar-refractivity contribution < 1.29 is 14.3 Å². The van der Waals surface area contributed by atoms with E-state index in [0.717, 1.165) is 41.9 Å². The highest BCUT2D eigenvalue weighted by Crippen LogP contribution is 2.34. The van der Waals surface area contributed by atoms with Gasteiger partial charge in [0.1, 0.15) is 5.75 Å². The number of methoxy groups -OCH3 is 1. The fraction of sp³-hybridized carbons (Fsp3) is 0.320. The van der Waals surface area contributed by atoms with Crippen LogP contribution in [0, 0.1) is 5.92 Å². The number of aryl methyl sites for hydroxylation is 1. The minimum atomic E-state index is -0.141. The van der Waals surface area contributed by atoms with Gasteiger partial charge in [0.2, 0.25) is 5.91 Å². The van der Waals surface area contributed by atoms with Crippen LogP contribution in [-0.2, 0) is 11.2 Å². The molecular weight excluding hydrogens is 422 g/mol. The number of nitrogens with zero attached hydrogens (tertiary/aromatic N) is 3. The molecule has 3 aromatic rings. The SMILES string of the molecule is COc1cccc(C(=O)N(C)c2nc(-c3ccc4c(c3)CCCN4C(=O)C(C)C)cs2)c1. The van der Waals surface area contributed by atoms with Crippen molar-refractivity contribution in [2.45, 2.75) is 26.7 Å². The van der Waals surface area contributed by atoms with Crippen LogP contribution in [0.3, 0.4) is 0 Å². The van der Waals surface area contributed by atoms with E-state index < -0.39 is 0 Å². The van der Waals surface area contributed by atoms with E-state index in [1.165, 1.54) is 11.3 Å². The lowest BCUT2D eigenvalue weighted by molar-refractivity contribution is -0.121. The van der Waals surface area contributed by atoms with Crippen LogP contribution in [0.25, 0.3) is 11.3 Å². The molecule has 0 saturated heterocycles. The lowest BCUT2D eigenvalue weighted by Crippen LogP contribution is -2.38. The maximum atomic E-state index is 12.9. The summed E-state index contributed by atoms with van der Waals surface area (Å²) in [5.74, 6) is 0.632. The van der Waals surface area contributed by atoms with Gasteiger partial charge >= 0.3 is 0 Å². The zero-order chi connectivity index (χ0) is 22.8. The molecule has 166 valence electrons. The minimum Gasteiger partial charge on any atom is -0.497 e. The number of amides is 2. The zero-order valence-corrected chi connectivity index (χ0v) is 19.6. The van der Waals surface area contributed by atoms with Gasteiger partial charge in [-0.3, -0.25) is 14.5 Å². The van der Waals surface area contributed by atoms with Gasteiger partial charge in [-0.2, -0.15) is 0 Å². The largest absolute Gasteiger partial charge is 0.497 e. The summed E-state index contributed by atoms with van der Waals surface area (Å²) in [6.07, 6.45) is 1.89. The van der Waals surface area contributed by atoms with E-state index in [-0.39, 0.29) is 17.7 Å². The second kappa shape index (κ2) is 9.12. The molecule has 2 aromatic carbocycles. The zero-order valence-electron chi connectivity index (χ0n) is 18.8. The molecule has 32 heavy (non-hydrogen) atoms. The number of benzene rings is 2. The standard InChI is InChI=1S/C25H27N3O3S/c1-16(2)23(29)28-12-6-8-18-13-17(10-11-22(18)28)21-15-32-25(26-21)27(3)24(30)19-7-5-9-20(14-19)31-4/h5,7,9-11,13-16H,6,8,12H2,1-4H3. The van der Waals surface area contributed by atoms with E-state index in [1.54, 1.807) is 37.3 Å². The predicted octanol–water partition coefficient (Wildman–Crippen LogP) is 5.03. The summed E-state index contributed by atoms with van der Waals surface area (Å²) < 4.78 is 5.22. The van der Waals surface area contributed by atoms with Crippen LogP contribution < -0.4 is 14.5 Å². The third-order valence-electron chi connectivity index (χ3n) is 5.65. The van der Waals surface area contributed by atoms with Crippen LogP contribution in [0.5, 0.6) is 5.75 Å². The molecule has 0 atom stereocenters. The molecule has 6 nitrogen and oxygen atoms in total. The van der Waals surface area contributed by atoms with Crippen molar-refractivity contribution in [3.8, 4) is 17.0 Å². The van der Waals surface area contributed by atoms with E-state index >= 15 is 0 Å². The van der Waals surface area contributed by atoms with Gasteiger partial charge in [0.15, 0.2) is 5.13 Å². The molecule has 4 rings (SSSR count). The highest BCUT2D eigenvalue weighted by atomic mass is 32.1. The molecule has 1 aromatic heterocycles. The number of ether oxygens (including phenoxy) is 1. The fourth-order valence-electron chi connectivity index (χ4n) is 3.88. The maximum Gasteiger partial charge on any atom is 0.259 e. The predicted molar refractivity (Wildman–Crippen MR) is 129 cm³/mol. The number of thiazole rings is 1. The Kier molecular flexibility index (Phi) is 6.28. The van der Waals surface area contributed by atoms with Gasteiger partial charge in [0, 0.05) is 41.7 Å². The molecule has 2 amide bonds. The smallest absolute Gasteiger partial charge is 0.259 e. The van der Waals surface area contributed by atoms with E-state index in [9.17, 15) is 9.59 Å². The van der Waals surface area contributed by atoms with Gasteiger partial charge < -0.3 is 9.64 Å². The van der Waals surface area contributed by atoms with Crippen molar-refractivity contribution in [1.82, 2.24) is 4.98 Å². The van der Waals surface area contributed by atoms with Gasteiger partial charge in [0.05, 0.1) is 12.8 Å². The average Bonchev–Trinajstić information content (AvgIpc) is 3.32. The molecule has 1 aliphatic rings. The second-order valence-electron chi connectivity index (χ2n) is 8.20. The minimum absolute atomic E-state index is 0.0284. The van der Waals surface area contributed by atoms with Crippen LogP contribution in [0.15, 0.2) is 47.8 Å². The number of anilines is 2. The molecule has 0 radical (unpaired) electrons. The maximum absolute atomic E-state index is 12.9. The molecule has 0 aliphatic carbocycles. The Bertz CT molecular complexity index is 1150. The van der Waals surface area contributed by atoms with Gasteiger partial charge in [-0.05, 0) is 48.7 Å². The third-order valence-corrected chi connectivity index (χ3v) is 6.57. The molecule has 0 bridgehead atoms. The van der Waals surface area contributed by atoms with Crippen molar-refractivity contribution in [3.63, 3.8) is 0 Å². The molecule has 0 saturated carbocycles. The summed E-state index contributed by atoms with van der Waals surface area (Å²) in [4.78, 5) is 33.7. The summed E-state index contributed by atoms with van der Waals surface area (Å²) in [5, 5.41) is 2.59. The summed E-state index contributed by atoms with van der Waals surface area (Å²) in [6.45, 7) is 4.64. The van der Waals surface area contributed by atoms with Crippen molar-refractivity contribution in [3.05, 3.63) is 59.0 Å². The van der Waals surface area contributed by atoms with E-state index in [2.05, 4.69) is 6.07 Å². The molecular formula is C25H27N3O3S. The number of rotatable bonds is 5. The summed E-state index contributed by atoms with van der Waals surface area (Å²) in [6, 6.07) is 13.3. The van der Waals surface area contributed by atoms with Crippen LogP contribution in [-0.4, -0.2) is 37.5 Å². The van der Waals surface area contributed by atoms with Crippen LogP contribution in [0.1, 0.15) is 36.2 Å². The normalized spacial score (nSPS) is 13.1. The summed E-state index contributed by atoms with van der Waals surface area (Å²) >= 11 is 1.43. The third kappa shape index (κ3) is 4.25. The van der Waals surface area contributed by atoms with Crippen LogP contribution >= 0.6 is 11.3 Å². The highest BCUT2D eigenvalue weighted by Gasteiger charge is 2.25. The molecule has 1 aliphatic heterocycles. The number of carbonyl (C=O) groups excluding carboxylic acids is 2. The van der Waals surface area contributed by atoms with Crippen LogP contribution in [0.2, 0.25) is 0 Å². The fourth-order valence-corrected chi connectivity index (χ4v) is 4.68. The van der Waals surface area contributed by atoms with Gasteiger partial charge in [-0.25, -0.2) is 4.98 Å². The number of fused-ring (bicyclic) bond motifs is 1. The average molecular weight is 450 g/mol. The Labute approximate surface area is 192 Å².